The smallest absolute Gasteiger partial charge is 0.255 e. The highest BCUT2D eigenvalue weighted by molar-refractivity contribution is 9.10. The molecule has 0 bridgehead atoms. The highest BCUT2D eigenvalue weighted by Gasteiger charge is 2.10. The number of aromatic hydroxyl groups is 1. The Morgan fingerprint density at radius 2 is 1.84 bits per heavy atom. The van der Waals surface area contributed by atoms with Gasteiger partial charge in [-0.15, -0.1) is 0 Å². The van der Waals surface area contributed by atoms with Gasteiger partial charge in [-0.2, -0.15) is 0 Å². The topological polar surface area (TPSA) is 49.3 Å². The Balaban J connectivity index is 2.20. The average Bonchev–Trinajstić information content (AvgIpc) is 2.37. The predicted octanol–water partition coefficient (Wildman–Crippen LogP) is 3.69. The molecule has 2 aromatic carbocycles. The lowest BCUT2D eigenvalue weighted by molar-refractivity contribution is 0.102. The van der Waals surface area contributed by atoms with Crippen molar-refractivity contribution in [1.82, 2.24) is 0 Å². The molecule has 3 nitrogen and oxygen atoms in total. The molecule has 0 aliphatic rings. The van der Waals surface area contributed by atoms with E-state index in [1.54, 1.807) is 0 Å². The van der Waals surface area contributed by atoms with Gasteiger partial charge in [0.25, 0.3) is 5.91 Å². The molecule has 2 N–H and O–H groups in total. The van der Waals surface area contributed by atoms with Crippen molar-refractivity contribution in [2.24, 2.45) is 0 Å². The van der Waals surface area contributed by atoms with Gasteiger partial charge in [0, 0.05) is 17.3 Å². The van der Waals surface area contributed by atoms with Crippen LogP contribution in [0.4, 0.5) is 14.5 Å². The number of anilines is 1. The molecule has 2 rings (SSSR count). The highest BCUT2D eigenvalue weighted by Crippen LogP contribution is 2.24. The van der Waals surface area contributed by atoms with Crippen LogP contribution in [0.15, 0.2) is 40.9 Å². The zero-order valence-electron chi connectivity index (χ0n) is 9.45. The van der Waals surface area contributed by atoms with Crippen molar-refractivity contribution < 1.29 is 18.7 Å². The minimum Gasteiger partial charge on any atom is -0.507 e. The summed E-state index contributed by atoms with van der Waals surface area (Å²) in [5, 5.41) is 11.9. The molecular weight excluding hydrogens is 320 g/mol. The third-order valence-electron chi connectivity index (χ3n) is 2.39. The molecule has 19 heavy (non-hydrogen) atoms. The van der Waals surface area contributed by atoms with E-state index in [-0.39, 0.29) is 17.0 Å². The number of phenolic OH excluding ortho intramolecular Hbond substituents is 1. The van der Waals surface area contributed by atoms with Gasteiger partial charge in [0.05, 0.1) is 4.47 Å². The summed E-state index contributed by atoms with van der Waals surface area (Å²) >= 11 is 3.09. The van der Waals surface area contributed by atoms with Crippen molar-refractivity contribution in [3.63, 3.8) is 0 Å². The van der Waals surface area contributed by atoms with E-state index in [2.05, 4.69) is 21.2 Å². The van der Waals surface area contributed by atoms with E-state index < -0.39 is 17.5 Å². The first kappa shape index (κ1) is 13.5. The molecule has 98 valence electrons. The monoisotopic (exact) mass is 327 g/mol. The van der Waals surface area contributed by atoms with Crippen LogP contribution in [0, 0.1) is 11.6 Å². The lowest BCUT2D eigenvalue weighted by Crippen LogP contribution is -2.12. The number of halogens is 3. The van der Waals surface area contributed by atoms with Crippen molar-refractivity contribution in [1.29, 1.82) is 0 Å². The van der Waals surface area contributed by atoms with Gasteiger partial charge in [0.15, 0.2) is 11.6 Å². The summed E-state index contributed by atoms with van der Waals surface area (Å²) in [6.45, 7) is 0. The van der Waals surface area contributed by atoms with Crippen LogP contribution in [0.5, 0.6) is 5.75 Å². The third kappa shape index (κ3) is 3.08. The molecule has 0 unspecified atom stereocenters. The SMILES string of the molecule is O=C(Nc1ccc(F)c(F)c1)c1ccc(Br)c(O)c1. The maximum atomic E-state index is 13.0. The fourth-order valence-corrected chi connectivity index (χ4v) is 1.68. The van der Waals surface area contributed by atoms with Gasteiger partial charge in [-0.25, -0.2) is 8.78 Å². The van der Waals surface area contributed by atoms with E-state index in [0.717, 1.165) is 12.1 Å². The van der Waals surface area contributed by atoms with Crippen molar-refractivity contribution in [3.05, 3.63) is 58.1 Å². The lowest BCUT2D eigenvalue weighted by Gasteiger charge is -2.06. The van der Waals surface area contributed by atoms with Gasteiger partial charge in [-0.05, 0) is 46.3 Å². The largest absolute Gasteiger partial charge is 0.507 e. The molecule has 0 aliphatic heterocycles. The maximum absolute atomic E-state index is 13.0. The lowest BCUT2D eigenvalue weighted by atomic mass is 10.2. The molecule has 0 saturated carbocycles. The summed E-state index contributed by atoms with van der Waals surface area (Å²) in [4.78, 5) is 11.8. The number of carbonyl (C=O) groups is 1. The summed E-state index contributed by atoms with van der Waals surface area (Å²) in [5.41, 5.74) is 0.330. The second kappa shape index (κ2) is 5.36. The minimum absolute atomic E-state index is 0.0852. The van der Waals surface area contributed by atoms with Crippen LogP contribution < -0.4 is 5.32 Å². The number of hydrogen-bond acceptors (Lipinski definition) is 2. The highest BCUT2D eigenvalue weighted by atomic mass is 79.9. The summed E-state index contributed by atoms with van der Waals surface area (Å²) in [5.74, 6) is -2.65. The zero-order valence-corrected chi connectivity index (χ0v) is 11.0. The third-order valence-corrected chi connectivity index (χ3v) is 3.06. The summed E-state index contributed by atoms with van der Waals surface area (Å²) < 4.78 is 26.2. The molecule has 0 fully saturated rings. The Morgan fingerprint density at radius 3 is 2.47 bits per heavy atom. The first-order valence-corrected chi connectivity index (χ1v) is 6.01. The van der Waals surface area contributed by atoms with E-state index in [1.807, 2.05) is 0 Å². The van der Waals surface area contributed by atoms with Gasteiger partial charge in [-0.1, -0.05) is 0 Å². The van der Waals surface area contributed by atoms with Gasteiger partial charge in [-0.3, -0.25) is 4.79 Å². The van der Waals surface area contributed by atoms with E-state index in [9.17, 15) is 18.7 Å². The average molecular weight is 328 g/mol. The Morgan fingerprint density at radius 1 is 1.11 bits per heavy atom. The standard InChI is InChI=1S/C13H8BrF2NO2/c14-9-3-1-7(5-12(9)18)13(19)17-8-2-4-10(15)11(16)6-8/h1-6,18H,(H,17,19). The minimum atomic E-state index is -1.04. The number of hydrogen-bond donors (Lipinski definition) is 2. The molecule has 0 saturated heterocycles. The van der Waals surface area contributed by atoms with Crippen LogP contribution in [0.3, 0.4) is 0 Å². The zero-order chi connectivity index (χ0) is 14.0. The van der Waals surface area contributed by atoms with Gasteiger partial charge in [0.1, 0.15) is 5.75 Å². The van der Waals surface area contributed by atoms with Crippen LogP contribution in [0.1, 0.15) is 10.4 Å². The number of rotatable bonds is 2. The quantitative estimate of drug-likeness (QED) is 0.883. The Kier molecular flexibility index (Phi) is 3.80. The predicted molar refractivity (Wildman–Crippen MR) is 70.1 cm³/mol. The van der Waals surface area contributed by atoms with Crippen LogP contribution in [0.25, 0.3) is 0 Å². The number of phenols is 1. The number of amides is 1. The first-order valence-electron chi connectivity index (χ1n) is 5.22. The second-order valence-corrected chi connectivity index (χ2v) is 4.60. The molecule has 0 aliphatic carbocycles. The molecule has 1 amide bonds. The Bertz CT molecular complexity index is 647. The molecule has 0 radical (unpaired) electrons. The summed E-state index contributed by atoms with van der Waals surface area (Å²) in [6.07, 6.45) is 0. The number of carbonyl (C=O) groups excluding carboxylic acids is 1. The number of benzene rings is 2. The molecule has 0 spiro atoms. The summed E-state index contributed by atoms with van der Waals surface area (Å²) in [6, 6.07) is 7.30. The number of nitrogens with one attached hydrogen (secondary N) is 1. The van der Waals surface area contributed by atoms with Crippen molar-refractivity contribution in [2.75, 3.05) is 5.32 Å². The molecule has 6 heteroatoms. The van der Waals surface area contributed by atoms with E-state index in [1.165, 1.54) is 24.3 Å². The molecule has 0 atom stereocenters. The van der Waals surface area contributed by atoms with Crippen molar-refractivity contribution in [2.45, 2.75) is 0 Å². The van der Waals surface area contributed by atoms with Gasteiger partial charge in [0.2, 0.25) is 0 Å². The van der Waals surface area contributed by atoms with E-state index >= 15 is 0 Å². The normalized spacial score (nSPS) is 10.3. The van der Waals surface area contributed by atoms with Crippen LogP contribution in [0.2, 0.25) is 0 Å². The van der Waals surface area contributed by atoms with Crippen molar-refractivity contribution in [3.8, 4) is 5.75 Å². The summed E-state index contributed by atoms with van der Waals surface area (Å²) in [7, 11) is 0. The van der Waals surface area contributed by atoms with E-state index in [0.29, 0.717) is 4.47 Å². The maximum Gasteiger partial charge on any atom is 0.255 e. The molecular formula is C13H8BrF2NO2. The first-order chi connectivity index (χ1) is 8.97. The van der Waals surface area contributed by atoms with Gasteiger partial charge >= 0.3 is 0 Å². The molecule has 0 heterocycles. The second-order valence-electron chi connectivity index (χ2n) is 3.75. The fourth-order valence-electron chi connectivity index (χ4n) is 1.43. The van der Waals surface area contributed by atoms with E-state index in [4.69, 9.17) is 0 Å². The fraction of sp³-hybridized carbons (Fsp3) is 0. The van der Waals surface area contributed by atoms with Crippen molar-refractivity contribution >= 4 is 27.5 Å². The molecule has 2 aromatic rings. The molecule has 0 aromatic heterocycles. The Labute approximate surface area is 116 Å². The van der Waals surface area contributed by atoms with Crippen LogP contribution in [-0.2, 0) is 0 Å². The van der Waals surface area contributed by atoms with Crippen LogP contribution >= 0.6 is 15.9 Å². The Hall–Kier alpha value is -1.95. The van der Waals surface area contributed by atoms with Gasteiger partial charge < -0.3 is 10.4 Å². The van der Waals surface area contributed by atoms with Crippen LogP contribution in [-0.4, -0.2) is 11.0 Å².